The van der Waals surface area contributed by atoms with Gasteiger partial charge >= 0.3 is 0 Å². The molecule has 0 amide bonds. The molecular formula is C7H12N2. The van der Waals surface area contributed by atoms with E-state index in [1.165, 1.54) is 19.3 Å². The molecule has 2 aliphatic rings. The van der Waals surface area contributed by atoms with Crippen molar-refractivity contribution in [2.75, 3.05) is 0 Å². The van der Waals surface area contributed by atoms with Crippen LogP contribution >= 0.6 is 0 Å². The van der Waals surface area contributed by atoms with Gasteiger partial charge in [0.1, 0.15) is 0 Å². The maximum absolute atomic E-state index is 7.19. The topological polar surface area (TPSA) is 49.9 Å². The SMILES string of the molecule is N=C(N)C1[C@H]2CCC[C@@H]12. The van der Waals surface area contributed by atoms with E-state index in [1.54, 1.807) is 0 Å². The van der Waals surface area contributed by atoms with Gasteiger partial charge in [0.15, 0.2) is 0 Å². The summed E-state index contributed by atoms with van der Waals surface area (Å²) in [4.78, 5) is 0. The lowest BCUT2D eigenvalue weighted by Gasteiger charge is -1.97. The Hall–Kier alpha value is -0.530. The molecule has 0 aromatic carbocycles. The van der Waals surface area contributed by atoms with Gasteiger partial charge in [-0.2, -0.15) is 0 Å². The van der Waals surface area contributed by atoms with Crippen molar-refractivity contribution >= 4 is 5.84 Å². The molecule has 50 valence electrons. The zero-order valence-electron chi connectivity index (χ0n) is 5.43. The first kappa shape index (κ1) is 5.27. The Morgan fingerprint density at radius 2 is 1.89 bits per heavy atom. The van der Waals surface area contributed by atoms with E-state index in [0.717, 1.165) is 11.8 Å². The number of amidine groups is 1. The monoisotopic (exact) mass is 124 g/mol. The van der Waals surface area contributed by atoms with Crippen LogP contribution in [0.2, 0.25) is 0 Å². The molecular weight excluding hydrogens is 112 g/mol. The molecule has 0 heterocycles. The van der Waals surface area contributed by atoms with Gasteiger partial charge < -0.3 is 5.73 Å². The first-order valence-corrected chi connectivity index (χ1v) is 3.64. The van der Waals surface area contributed by atoms with Gasteiger partial charge in [-0.3, -0.25) is 5.41 Å². The molecule has 0 radical (unpaired) electrons. The number of hydrogen-bond donors (Lipinski definition) is 2. The lowest BCUT2D eigenvalue weighted by atomic mass is 10.1. The average molecular weight is 124 g/mol. The zero-order chi connectivity index (χ0) is 6.43. The van der Waals surface area contributed by atoms with Crippen LogP contribution in [0.5, 0.6) is 0 Å². The molecule has 2 heteroatoms. The van der Waals surface area contributed by atoms with E-state index in [9.17, 15) is 0 Å². The fraction of sp³-hybridized carbons (Fsp3) is 0.857. The summed E-state index contributed by atoms with van der Waals surface area (Å²) in [5.41, 5.74) is 5.37. The van der Waals surface area contributed by atoms with E-state index in [-0.39, 0.29) is 0 Å². The summed E-state index contributed by atoms with van der Waals surface area (Å²) in [5, 5.41) is 7.19. The van der Waals surface area contributed by atoms with Crippen molar-refractivity contribution in [1.29, 1.82) is 5.41 Å². The summed E-state index contributed by atoms with van der Waals surface area (Å²) in [6, 6.07) is 0. The highest BCUT2D eigenvalue weighted by atomic mass is 14.8. The van der Waals surface area contributed by atoms with E-state index in [4.69, 9.17) is 11.1 Å². The molecule has 2 fully saturated rings. The van der Waals surface area contributed by atoms with Gasteiger partial charge in [-0.15, -0.1) is 0 Å². The van der Waals surface area contributed by atoms with Crippen molar-refractivity contribution in [2.24, 2.45) is 23.5 Å². The largest absolute Gasteiger partial charge is 0.387 e. The van der Waals surface area contributed by atoms with Crippen LogP contribution < -0.4 is 5.73 Å². The lowest BCUT2D eigenvalue weighted by molar-refractivity contribution is 0.679. The van der Waals surface area contributed by atoms with Crippen molar-refractivity contribution in [3.05, 3.63) is 0 Å². The molecule has 9 heavy (non-hydrogen) atoms. The molecule has 2 aliphatic carbocycles. The lowest BCUT2D eigenvalue weighted by Crippen LogP contribution is -2.14. The van der Waals surface area contributed by atoms with Gasteiger partial charge in [-0.05, 0) is 24.7 Å². The van der Waals surface area contributed by atoms with Crippen LogP contribution in [0.25, 0.3) is 0 Å². The molecule has 0 bridgehead atoms. The van der Waals surface area contributed by atoms with Crippen LogP contribution in [0.4, 0.5) is 0 Å². The Morgan fingerprint density at radius 1 is 1.33 bits per heavy atom. The van der Waals surface area contributed by atoms with Crippen molar-refractivity contribution in [2.45, 2.75) is 19.3 Å². The Labute approximate surface area is 54.9 Å². The first-order chi connectivity index (χ1) is 4.30. The van der Waals surface area contributed by atoms with E-state index in [0.29, 0.717) is 11.8 Å². The molecule has 0 spiro atoms. The second-order valence-electron chi connectivity index (χ2n) is 3.24. The van der Waals surface area contributed by atoms with Gasteiger partial charge in [0, 0.05) is 5.92 Å². The molecule has 0 aromatic heterocycles. The van der Waals surface area contributed by atoms with Gasteiger partial charge in [0.25, 0.3) is 0 Å². The molecule has 0 saturated heterocycles. The molecule has 2 saturated carbocycles. The summed E-state index contributed by atoms with van der Waals surface area (Å²) in [5.74, 6) is 2.58. The fourth-order valence-electron chi connectivity index (χ4n) is 2.28. The van der Waals surface area contributed by atoms with Crippen LogP contribution in [0.1, 0.15) is 19.3 Å². The minimum absolute atomic E-state index is 0.435. The van der Waals surface area contributed by atoms with Gasteiger partial charge in [0.05, 0.1) is 5.84 Å². The van der Waals surface area contributed by atoms with Crippen LogP contribution in [-0.2, 0) is 0 Å². The summed E-state index contributed by atoms with van der Waals surface area (Å²) < 4.78 is 0. The fourth-order valence-corrected chi connectivity index (χ4v) is 2.28. The third-order valence-corrected chi connectivity index (χ3v) is 2.77. The van der Waals surface area contributed by atoms with Crippen molar-refractivity contribution in [1.82, 2.24) is 0 Å². The normalized spacial score (nSPS) is 46.4. The number of nitrogens with two attached hydrogens (primary N) is 1. The summed E-state index contributed by atoms with van der Waals surface area (Å²) in [6.45, 7) is 0. The Bertz CT molecular complexity index is 143. The van der Waals surface area contributed by atoms with Crippen molar-refractivity contribution < 1.29 is 0 Å². The minimum atomic E-state index is 0.435. The summed E-state index contributed by atoms with van der Waals surface area (Å²) in [6.07, 6.45) is 4.03. The summed E-state index contributed by atoms with van der Waals surface area (Å²) in [7, 11) is 0. The molecule has 0 aromatic rings. The van der Waals surface area contributed by atoms with Crippen LogP contribution in [0.3, 0.4) is 0 Å². The number of fused-ring (bicyclic) bond motifs is 1. The van der Waals surface area contributed by atoms with Crippen molar-refractivity contribution in [3.63, 3.8) is 0 Å². The Kier molecular flexibility index (Phi) is 0.875. The standard InChI is InChI=1S/C7H12N2/c8-7(9)6-4-2-1-3-5(4)6/h4-6H,1-3H2,(H3,8,9)/t4-,5+,6?. The molecule has 2 nitrogen and oxygen atoms in total. The van der Waals surface area contributed by atoms with Gasteiger partial charge in [-0.25, -0.2) is 0 Å². The smallest absolute Gasteiger partial charge is 0.0942 e. The Balaban J connectivity index is 2.02. The predicted octanol–water partition coefficient (Wildman–Crippen LogP) is 0.968. The number of rotatable bonds is 1. The zero-order valence-corrected chi connectivity index (χ0v) is 5.43. The number of nitrogens with one attached hydrogen (secondary N) is 1. The summed E-state index contributed by atoms with van der Waals surface area (Å²) >= 11 is 0. The second kappa shape index (κ2) is 1.49. The highest BCUT2D eigenvalue weighted by molar-refractivity contribution is 5.83. The van der Waals surface area contributed by atoms with E-state index in [1.807, 2.05) is 0 Å². The first-order valence-electron chi connectivity index (χ1n) is 3.64. The third-order valence-electron chi connectivity index (χ3n) is 2.77. The quantitative estimate of drug-likeness (QED) is 0.397. The van der Waals surface area contributed by atoms with Gasteiger partial charge in [-0.1, -0.05) is 6.42 Å². The van der Waals surface area contributed by atoms with Gasteiger partial charge in [0.2, 0.25) is 0 Å². The average Bonchev–Trinajstić information content (AvgIpc) is 2.30. The molecule has 0 aliphatic heterocycles. The minimum Gasteiger partial charge on any atom is -0.387 e. The maximum atomic E-state index is 7.19. The van der Waals surface area contributed by atoms with Crippen LogP contribution in [0.15, 0.2) is 0 Å². The van der Waals surface area contributed by atoms with Crippen LogP contribution in [-0.4, -0.2) is 5.84 Å². The predicted molar refractivity (Wildman–Crippen MR) is 36.2 cm³/mol. The second-order valence-corrected chi connectivity index (χ2v) is 3.24. The molecule has 2 rings (SSSR count). The van der Waals surface area contributed by atoms with Crippen LogP contribution in [0, 0.1) is 23.2 Å². The van der Waals surface area contributed by atoms with E-state index in [2.05, 4.69) is 0 Å². The van der Waals surface area contributed by atoms with E-state index < -0.39 is 0 Å². The number of hydrogen-bond acceptors (Lipinski definition) is 1. The van der Waals surface area contributed by atoms with E-state index >= 15 is 0 Å². The van der Waals surface area contributed by atoms with Crippen molar-refractivity contribution in [3.8, 4) is 0 Å². The molecule has 1 unspecified atom stereocenters. The molecule has 3 N–H and O–H groups in total. The maximum Gasteiger partial charge on any atom is 0.0942 e. The third kappa shape index (κ3) is 0.590. The highest BCUT2D eigenvalue weighted by Crippen LogP contribution is 2.57. The Morgan fingerprint density at radius 3 is 2.22 bits per heavy atom. The highest BCUT2D eigenvalue weighted by Gasteiger charge is 2.54. The molecule has 3 atom stereocenters.